The zero-order chi connectivity index (χ0) is 19.2. The molecule has 3 rings (SSSR count). The number of benzene rings is 1. The van der Waals surface area contributed by atoms with Gasteiger partial charge in [-0.05, 0) is 37.5 Å². The molecule has 0 radical (unpaired) electrons. The topological polar surface area (TPSA) is 74.2 Å². The SMILES string of the molecule is O=C(COCC(=O)N1CCCCC1)NC1=NN(c2ccc(Cl)c(Cl)c2)CC1. The van der Waals surface area contributed by atoms with Gasteiger partial charge in [0.1, 0.15) is 19.0 Å². The molecule has 0 bridgehead atoms. The molecule has 146 valence electrons. The Hall–Kier alpha value is -1.83. The number of anilines is 1. The molecule has 2 aliphatic heterocycles. The Kier molecular flexibility index (Phi) is 6.93. The van der Waals surface area contributed by atoms with Gasteiger partial charge in [0.25, 0.3) is 5.91 Å². The number of nitrogens with one attached hydrogen (secondary N) is 1. The van der Waals surface area contributed by atoms with E-state index in [0.29, 0.717) is 28.8 Å². The van der Waals surface area contributed by atoms with Gasteiger partial charge in [-0.15, -0.1) is 0 Å². The van der Waals surface area contributed by atoms with Crippen molar-refractivity contribution < 1.29 is 14.3 Å². The molecule has 0 saturated carbocycles. The number of halogens is 2. The highest BCUT2D eigenvalue weighted by Crippen LogP contribution is 2.28. The average Bonchev–Trinajstić information content (AvgIpc) is 3.13. The predicted molar refractivity (Wildman–Crippen MR) is 105 cm³/mol. The fourth-order valence-corrected chi connectivity index (χ4v) is 3.33. The minimum Gasteiger partial charge on any atom is -0.362 e. The third kappa shape index (κ3) is 5.57. The first-order valence-corrected chi connectivity index (χ1v) is 9.74. The third-order valence-corrected chi connectivity index (χ3v) is 5.19. The molecule has 0 aliphatic carbocycles. The molecular weight excluding hydrogens is 391 g/mol. The molecule has 7 nitrogen and oxygen atoms in total. The van der Waals surface area contributed by atoms with Gasteiger partial charge in [0.15, 0.2) is 0 Å². The van der Waals surface area contributed by atoms with E-state index < -0.39 is 0 Å². The lowest BCUT2D eigenvalue weighted by atomic mass is 10.1. The molecule has 0 atom stereocenters. The number of amides is 2. The van der Waals surface area contributed by atoms with Gasteiger partial charge >= 0.3 is 0 Å². The van der Waals surface area contributed by atoms with Crippen LogP contribution in [0.4, 0.5) is 5.69 Å². The van der Waals surface area contributed by atoms with Gasteiger partial charge < -0.3 is 15.0 Å². The summed E-state index contributed by atoms with van der Waals surface area (Å²) < 4.78 is 5.26. The van der Waals surface area contributed by atoms with Gasteiger partial charge in [0.05, 0.1) is 15.7 Å². The van der Waals surface area contributed by atoms with Crippen molar-refractivity contribution in [1.82, 2.24) is 10.2 Å². The zero-order valence-corrected chi connectivity index (χ0v) is 16.4. The van der Waals surface area contributed by atoms with Gasteiger partial charge in [0, 0.05) is 26.1 Å². The Morgan fingerprint density at radius 2 is 1.85 bits per heavy atom. The fraction of sp³-hybridized carbons (Fsp3) is 0.500. The van der Waals surface area contributed by atoms with Crippen molar-refractivity contribution in [2.24, 2.45) is 5.10 Å². The van der Waals surface area contributed by atoms with E-state index in [1.807, 2.05) is 6.07 Å². The largest absolute Gasteiger partial charge is 0.362 e. The van der Waals surface area contributed by atoms with Crippen LogP contribution in [-0.4, -0.2) is 55.4 Å². The highest BCUT2D eigenvalue weighted by molar-refractivity contribution is 6.42. The molecule has 1 fully saturated rings. The third-order valence-electron chi connectivity index (χ3n) is 4.45. The maximum Gasteiger partial charge on any atom is 0.251 e. The number of hydrogen-bond acceptors (Lipinski definition) is 5. The number of carbonyl (C=O) groups excluding carboxylic acids is 2. The molecule has 1 saturated heterocycles. The van der Waals surface area contributed by atoms with Crippen molar-refractivity contribution in [2.75, 3.05) is 37.9 Å². The molecule has 0 spiro atoms. The predicted octanol–water partition coefficient (Wildman–Crippen LogP) is 2.66. The Bertz CT molecular complexity index is 735. The Morgan fingerprint density at radius 1 is 1.07 bits per heavy atom. The summed E-state index contributed by atoms with van der Waals surface area (Å²) in [6.07, 6.45) is 3.82. The van der Waals surface area contributed by atoms with Crippen LogP contribution in [0.2, 0.25) is 10.0 Å². The number of hydrazone groups is 1. The second kappa shape index (κ2) is 9.39. The number of amidine groups is 1. The standard InChI is InChI=1S/C18H22Cl2N4O3/c19-14-5-4-13(10-15(14)20)24-9-6-16(22-24)21-17(25)11-27-12-18(26)23-7-2-1-3-8-23/h4-5,10H,1-3,6-9,11-12H2,(H,21,22,25). The number of ether oxygens (including phenoxy) is 1. The van der Waals surface area contributed by atoms with E-state index in [2.05, 4.69) is 10.4 Å². The van der Waals surface area contributed by atoms with E-state index in [1.54, 1.807) is 22.0 Å². The molecule has 2 aliphatic rings. The maximum atomic E-state index is 12.0. The average molecular weight is 413 g/mol. The fourth-order valence-electron chi connectivity index (χ4n) is 3.04. The van der Waals surface area contributed by atoms with Gasteiger partial charge in [-0.25, -0.2) is 0 Å². The van der Waals surface area contributed by atoms with Gasteiger partial charge in [-0.2, -0.15) is 5.10 Å². The first kappa shape index (κ1) is 19.9. The summed E-state index contributed by atoms with van der Waals surface area (Å²) in [5.41, 5.74) is 0.803. The number of hydrogen-bond donors (Lipinski definition) is 1. The van der Waals surface area contributed by atoms with Gasteiger partial charge in [-0.1, -0.05) is 23.2 Å². The summed E-state index contributed by atoms with van der Waals surface area (Å²) in [7, 11) is 0. The van der Waals surface area contributed by atoms with Crippen molar-refractivity contribution >= 4 is 46.5 Å². The van der Waals surface area contributed by atoms with Crippen LogP contribution in [0.15, 0.2) is 23.3 Å². The summed E-state index contributed by atoms with van der Waals surface area (Å²) in [6, 6.07) is 5.25. The van der Waals surface area contributed by atoms with Crippen molar-refractivity contribution in [2.45, 2.75) is 25.7 Å². The van der Waals surface area contributed by atoms with E-state index >= 15 is 0 Å². The van der Waals surface area contributed by atoms with Crippen LogP contribution in [0.5, 0.6) is 0 Å². The molecule has 9 heteroatoms. The quantitative estimate of drug-likeness (QED) is 0.806. The number of nitrogens with zero attached hydrogens (tertiary/aromatic N) is 3. The van der Waals surface area contributed by atoms with E-state index in [0.717, 1.165) is 38.0 Å². The molecule has 2 heterocycles. The summed E-state index contributed by atoms with van der Waals surface area (Å²) in [5, 5.41) is 9.77. The van der Waals surface area contributed by atoms with Crippen LogP contribution in [0.25, 0.3) is 0 Å². The van der Waals surface area contributed by atoms with E-state index in [1.165, 1.54) is 0 Å². The molecular formula is C18H22Cl2N4O3. The summed E-state index contributed by atoms with van der Waals surface area (Å²) in [4.78, 5) is 25.8. The first-order chi connectivity index (χ1) is 13.0. The number of piperidine rings is 1. The molecule has 1 aromatic rings. The maximum absolute atomic E-state index is 12.0. The lowest BCUT2D eigenvalue weighted by Gasteiger charge is -2.26. The minimum absolute atomic E-state index is 0.0634. The molecule has 0 unspecified atom stereocenters. The highest BCUT2D eigenvalue weighted by atomic mass is 35.5. The summed E-state index contributed by atoms with van der Waals surface area (Å²) in [5.74, 6) is 0.166. The van der Waals surface area contributed by atoms with Crippen molar-refractivity contribution in [3.8, 4) is 0 Å². The lowest BCUT2D eigenvalue weighted by molar-refractivity contribution is -0.138. The zero-order valence-electron chi connectivity index (χ0n) is 14.9. The van der Waals surface area contributed by atoms with Crippen LogP contribution in [-0.2, 0) is 14.3 Å². The molecule has 0 aromatic heterocycles. The minimum atomic E-state index is -0.323. The number of carbonyl (C=O) groups is 2. The van der Waals surface area contributed by atoms with Crippen molar-refractivity contribution in [3.05, 3.63) is 28.2 Å². The molecule has 27 heavy (non-hydrogen) atoms. The number of rotatable bonds is 5. The monoisotopic (exact) mass is 412 g/mol. The van der Waals surface area contributed by atoms with Crippen LogP contribution < -0.4 is 10.3 Å². The van der Waals surface area contributed by atoms with Crippen molar-refractivity contribution in [3.63, 3.8) is 0 Å². The van der Waals surface area contributed by atoms with Crippen molar-refractivity contribution in [1.29, 1.82) is 0 Å². The summed E-state index contributed by atoms with van der Waals surface area (Å²) in [6.45, 7) is 1.92. The second-order valence-corrected chi connectivity index (χ2v) is 7.32. The number of likely N-dealkylation sites (tertiary alicyclic amines) is 1. The second-order valence-electron chi connectivity index (χ2n) is 6.50. The smallest absolute Gasteiger partial charge is 0.251 e. The van der Waals surface area contributed by atoms with E-state index in [-0.39, 0.29) is 25.0 Å². The highest BCUT2D eigenvalue weighted by Gasteiger charge is 2.20. The van der Waals surface area contributed by atoms with Crippen LogP contribution in [0, 0.1) is 0 Å². The van der Waals surface area contributed by atoms with Crippen LogP contribution in [0.3, 0.4) is 0 Å². The lowest BCUT2D eigenvalue weighted by Crippen LogP contribution is -2.39. The normalized spacial score (nSPS) is 17.0. The van der Waals surface area contributed by atoms with Gasteiger partial charge in [0.2, 0.25) is 5.91 Å². The van der Waals surface area contributed by atoms with Crippen LogP contribution in [0.1, 0.15) is 25.7 Å². The van der Waals surface area contributed by atoms with Gasteiger partial charge in [-0.3, -0.25) is 14.6 Å². The van der Waals surface area contributed by atoms with E-state index in [9.17, 15) is 9.59 Å². The van der Waals surface area contributed by atoms with E-state index in [4.69, 9.17) is 27.9 Å². The Morgan fingerprint density at radius 3 is 2.59 bits per heavy atom. The molecule has 1 aromatic carbocycles. The molecule has 2 amide bonds. The Balaban J connectivity index is 1.42. The summed E-state index contributed by atoms with van der Waals surface area (Å²) >= 11 is 11.9. The Labute approximate surface area is 168 Å². The first-order valence-electron chi connectivity index (χ1n) is 8.98. The van der Waals surface area contributed by atoms with Crippen LogP contribution >= 0.6 is 23.2 Å². The molecule has 1 N–H and O–H groups in total.